The van der Waals surface area contributed by atoms with Gasteiger partial charge in [0.1, 0.15) is 0 Å². The first-order valence-electron chi connectivity index (χ1n) is 4.77. The molecule has 1 atom stereocenters. The molecular formula is C9H13ClN2OS. The molecule has 0 bridgehead atoms. The van der Waals surface area contributed by atoms with Gasteiger partial charge in [0.2, 0.25) is 11.8 Å². The Balaban J connectivity index is 2.15. The van der Waals surface area contributed by atoms with Crippen molar-refractivity contribution in [1.82, 2.24) is 10.2 Å². The molecule has 1 saturated heterocycles. The van der Waals surface area contributed by atoms with Gasteiger partial charge in [-0.05, 0) is 25.5 Å². The Kier molecular flexibility index (Phi) is 3.02. The maximum absolute atomic E-state index is 5.61. The Morgan fingerprint density at radius 2 is 2.43 bits per heavy atom. The molecule has 1 fully saturated rings. The van der Waals surface area contributed by atoms with Gasteiger partial charge >= 0.3 is 0 Å². The molecular weight excluding hydrogens is 220 g/mol. The van der Waals surface area contributed by atoms with E-state index in [4.69, 9.17) is 16.0 Å². The molecule has 3 nitrogen and oxygen atoms in total. The van der Waals surface area contributed by atoms with Gasteiger partial charge in [0.15, 0.2) is 0 Å². The van der Waals surface area contributed by atoms with Gasteiger partial charge in [0, 0.05) is 12.3 Å². The number of alkyl halides is 1. The zero-order valence-electron chi connectivity index (χ0n) is 8.12. The predicted molar refractivity (Wildman–Crippen MR) is 57.8 cm³/mol. The molecule has 0 radical (unpaired) electrons. The monoisotopic (exact) mass is 232 g/mol. The van der Waals surface area contributed by atoms with Crippen LogP contribution in [0.5, 0.6) is 0 Å². The fourth-order valence-corrected chi connectivity index (χ4v) is 2.99. The number of hydrogen-bond acceptors (Lipinski definition) is 4. The van der Waals surface area contributed by atoms with Crippen LogP contribution in [0.25, 0.3) is 0 Å². The summed E-state index contributed by atoms with van der Waals surface area (Å²) in [5.41, 5.74) is 0. The van der Waals surface area contributed by atoms with Gasteiger partial charge < -0.3 is 4.42 Å². The molecule has 1 aliphatic heterocycles. The second-order valence-electron chi connectivity index (χ2n) is 3.62. The largest absolute Gasteiger partial charge is 0.424 e. The summed E-state index contributed by atoms with van der Waals surface area (Å²) < 4.78 is 5.62. The van der Waals surface area contributed by atoms with E-state index in [1.807, 2.05) is 11.8 Å². The van der Waals surface area contributed by atoms with Crippen molar-refractivity contribution in [3.63, 3.8) is 0 Å². The van der Waals surface area contributed by atoms with Crippen LogP contribution in [0.1, 0.15) is 31.5 Å². The summed E-state index contributed by atoms with van der Waals surface area (Å²) >= 11 is 7.51. The van der Waals surface area contributed by atoms with Crippen LogP contribution in [0.2, 0.25) is 0 Å². The van der Waals surface area contributed by atoms with Gasteiger partial charge in [-0.3, -0.25) is 0 Å². The summed E-state index contributed by atoms with van der Waals surface area (Å²) in [4.78, 5) is 0. The maximum atomic E-state index is 5.61. The average Bonchev–Trinajstić information content (AvgIpc) is 2.75. The van der Waals surface area contributed by atoms with Crippen molar-refractivity contribution in [2.24, 2.45) is 0 Å². The van der Waals surface area contributed by atoms with Crippen molar-refractivity contribution in [1.29, 1.82) is 0 Å². The lowest BCUT2D eigenvalue weighted by atomic mass is 10.1. The number of aromatic nitrogens is 2. The van der Waals surface area contributed by atoms with Crippen LogP contribution in [0.15, 0.2) is 4.42 Å². The second-order valence-corrected chi connectivity index (χ2v) is 5.60. The van der Waals surface area contributed by atoms with Gasteiger partial charge in [0.25, 0.3) is 0 Å². The Labute approximate surface area is 92.6 Å². The summed E-state index contributed by atoms with van der Waals surface area (Å²) in [5.74, 6) is 3.14. The SMILES string of the molecule is CC1(c2nnc(CCCl)o2)CCCS1. The minimum Gasteiger partial charge on any atom is -0.424 e. The molecule has 1 aromatic rings. The van der Waals surface area contributed by atoms with Gasteiger partial charge in [-0.2, -0.15) is 0 Å². The highest BCUT2D eigenvalue weighted by Crippen LogP contribution is 2.45. The van der Waals surface area contributed by atoms with E-state index in [1.54, 1.807) is 0 Å². The molecule has 2 heterocycles. The molecule has 14 heavy (non-hydrogen) atoms. The van der Waals surface area contributed by atoms with Crippen molar-refractivity contribution >= 4 is 23.4 Å². The highest BCUT2D eigenvalue weighted by Gasteiger charge is 2.36. The molecule has 0 N–H and O–H groups in total. The zero-order chi connectivity index (χ0) is 10.0. The summed E-state index contributed by atoms with van der Waals surface area (Å²) in [7, 11) is 0. The molecule has 1 unspecified atom stereocenters. The van der Waals surface area contributed by atoms with E-state index in [2.05, 4.69) is 17.1 Å². The van der Waals surface area contributed by atoms with Crippen LogP contribution in [-0.2, 0) is 11.2 Å². The minimum absolute atomic E-state index is 0.0392. The highest BCUT2D eigenvalue weighted by molar-refractivity contribution is 8.00. The molecule has 1 aliphatic rings. The lowest BCUT2D eigenvalue weighted by molar-refractivity contribution is 0.404. The molecule has 0 saturated carbocycles. The Morgan fingerprint density at radius 1 is 1.57 bits per heavy atom. The zero-order valence-corrected chi connectivity index (χ0v) is 9.70. The number of halogens is 1. The van der Waals surface area contributed by atoms with Crippen LogP contribution in [0, 0.1) is 0 Å². The molecule has 1 aromatic heterocycles. The number of hydrogen-bond donors (Lipinski definition) is 0. The third-order valence-corrected chi connectivity index (χ3v) is 4.14. The van der Waals surface area contributed by atoms with E-state index in [9.17, 15) is 0 Å². The van der Waals surface area contributed by atoms with Crippen molar-refractivity contribution in [3.8, 4) is 0 Å². The van der Waals surface area contributed by atoms with E-state index >= 15 is 0 Å². The smallest absolute Gasteiger partial charge is 0.232 e. The van der Waals surface area contributed by atoms with Crippen LogP contribution in [0.3, 0.4) is 0 Å². The summed E-state index contributed by atoms with van der Waals surface area (Å²) in [6, 6.07) is 0. The van der Waals surface area contributed by atoms with Crippen molar-refractivity contribution < 1.29 is 4.42 Å². The first-order chi connectivity index (χ1) is 6.74. The summed E-state index contributed by atoms with van der Waals surface area (Å²) in [5, 5.41) is 8.07. The molecule has 2 rings (SSSR count). The summed E-state index contributed by atoms with van der Waals surface area (Å²) in [6.07, 6.45) is 3.02. The van der Waals surface area contributed by atoms with E-state index < -0.39 is 0 Å². The molecule has 0 spiro atoms. The van der Waals surface area contributed by atoms with Crippen molar-refractivity contribution in [3.05, 3.63) is 11.8 Å². The van der Waals surface area contributed by atoms with E-state index in [0.717, 1.165) is 12.3 Å². The average molecular weight is 233 g/mol. The Bertz CT molecular complexity index is 310. The Hall–Kier alpha value is -0.220. The molecule has 0 aromatic carbocycles. The van der Waals surface area contributed by atoms with Gasteiger partial charge in [-0.15, -0.1) is 33.6 Å². The number of thioether (sulfide) groups is 1. The number of aryl methyl sites for hydroxylation is 1. The lowest BCUT2D eigenvalue weighted by Gasteiger charge is -2.16. The fraction of sp³-hybridized carbons (Fsp3) is 0.778. The van der Waals surface area contributed by atoms with E-state index in [-0.39, 0.29) is 4.75 Å². The maximum Gasteiger partial charge on any atom is 0.232 e. The Morgan fingerprint density at radius 3 is 3.07 bits per heavy atom. The first-order valence-corrected chi connectivity index (χ1v) is 6.29. The highest BCUT2D eigenvalue weighted by atomic mass is 35.5. The van der Waals surface area contributed by atoms with Crippen LogP contribution < -0.4 is 0 Å². The summed E-state index contributed by atoms with van der Waals surface area (Å²) in [6.45, 7) is 2.17. The van der Waals surface area contributed by atoms with Crippen LogP contribution in [-0.4, -0.2) is 21.8 Å². The fourth-order valence-electron chi connectivity index (χ4n) is 1.60. The van der Waals surface area contributed by atoms with Gasteiger partial charge in [-0.25, -0.2) is 0 Å². The molecule has 0 aliphatic carbocycles. The quantitative estimate of drug-likeness (QED) is 0.751. The second kappa shape index (κ2) is 4.11. The van der Waals surface area contributed by atoms with Gasteiger partial charge in [-0.1, -0.05) is 0 Å². The normalized spacial score (nSPS) is 27.0. The standard InChI is InChI=1S/C9H13ClN2OS/c1-9(4-2-6-14-9)8-12-11-7(13-8)3-5-10/h2-6H2,1H3. The molecule has 5 heteroatoms. The van der Waals surface area contributed by atoms with Gasteiger partial charge in [0.05, 0.1) is 4.75 Å². The number of nitrogens with zero attached hydrogens (tertiary/aromatic N) is 2. The predicted octanol–water partition coefficient (Wildman–Crippen LogP) is 2.59. The van der Waals surface area contributed by atoms with E-state index in [1.165, 1.54) is 12.2 Å². The van der Waals surface area contributed by atoms with Crippen molar-refractivity contribution in [2.45, 2.75) is 30.9 Å². The number of rotatable bonds is 3. The van der Waals surface area contributed by atoms with Crippen LogP contribution in [0.4, 0.5) is 0 Å². The third-order valence-electron chi connectivity index (χ3n) is 2.45. The lowest BCUT2D eigenvalue weighted by Crippen LogP contribution is -2.13. The first kappa shape index (κ1) is 10.3. The third kappa shape index (κ3) is 1.91. The topological polar surface area (TPSA) is 38.9 Å². The minimum atomic E-state index is 0.0392. The molecule has 78 valence electrons. The van der Waals surface area contributed by atoms with Crippen molar-refractivity contribution in [2.75, 3.05) is 11.6 Å². The molecule has 0 amide bonds. The van der Waals surface area contributed by atoms with E-state index in [0.29, 0.717) is 18.2 Å². The van der Waals surface area contributed by atoms with Crippen LogP contribution >= 0.6 is 23.4 Å².